The van der Waals surface area contributed by atoms with E-state index in [-0.39, 0.29) is 5.97 Å². The van der Waals surface area contributed by atoms with Crippen LogP contribution in [-0.4, -0.2) is 43.9 Å². The number of hydrogen-bond donors (Lipinski definition) is 1. The number of H-pyrrole nitrogens is 1. The first-order valence-electron chi connectivity index (χ1n) is 8.68. The summed E-state index contributed by atoms with van der Waals surface area (Å²) in [6.07, 6.45) is 3.72. The fourth-order valence-electron chi connectivity index (χ4n) is 2.92. The Kier molecular flexibility index (Phi) is 6.00. The van der Waals surface area contributed by atoms with Gasteiger partial charge in [-0.2, -0.15) is 0 Å². The highest BCUT2D eigenvalue weighted by Gasteiger charge is 2.25. The molecule has 0 saturated carbocycles. The minimum atomic E-state index is -0.310. The summed E-state index contributed by atoms with van der Waals surface area (Å²) < 4.78 is 10.9. The van der Waals surface area contributed by atoms with E-state index in [4.69, 9.17) is 21.1 Å². The third-order valence-corrected chi connectivity index (χ3v) is 4.52. The molecule has 2 heterocycles. The molecule has 0 spiro atoms. The van der Waals surface area contributed by atoms with Crippen LogP contribution >= 0.6 is 11.6 Å². The summed E-state index contributed by atoms with van der Waals surface area (Å²) >= 11 is 6.01. The Morgan fingerprint density at radius 3 is 2.68 bits per heavy atom. The summed E-state index contributed by atoms with van der Waals surface area (Å²) in [5.74, 6) is -0.310. The second kappa shape index (κ2) is 8.41. The minimum absolute atomic E-state index is 0.310. The summed E-state index contributed by atoms with van der Waals surface area (Å²) in [7, 11) is 0. The zero-order chi connectivity index (χ0) is 17.6. The highest BCUT2D eigenvalue weighted by Crippen LogP contribution is 2.35. The van der Waals surface area contributed by atoms with E-state index < -0.39 is 0 Å². The van der Waals surface area contributed by atoms with Crippen molar-refractivity contribution in [3.05, 3.63) is 41.2 Å². The number of nitrogens with one attached hydrogen (secondary N) is 1. The van der Waals surface area contributed by atoms with E-state index in [1.54, 1.807) is 0 Å². The van der Waals surface area contributed by atoms with Gasteiger partial charge in [0.2, 0.25) is 0 Å². The maximum atomic E-state index is 12.5. The maximum Gasteiger partial charge on any atom is 0.356 e. The van der Waals surface area contributed by atoms with Gasteiger partial charge in [0.15, 0.2) is 0 Å². The van der Waals surface area contributed by atoms with Crippen LogP contribution in [0.2, 0.25) is 5.02 Å². The lowest BCUT2D eigenvalue weighted by molar-refractivity contribution is 0.0493. The Hall–Kier alpha value is -1.98. The minimum Gasteiger partial charge on any atom is -0.461 e. The summed E-state index contributed by atoms with van der Waals surface area (Å²) in [6, 6.07) is 7.63. The first kappa shape index (κ1) is 17.8. The van der Waals surface area contributed by atoms with Crippen LogP contribution in [0.1, 0.15) is 30.3 Å². The number of benzene rings is 1. The molecule has 134 valence electrons. The quantitative estimate of drug-likeness (QED) is 0.620. The molecule has 0 atom stereocenters. The van der Waals surface area contributed by atoms with E-state index in [2.05, 4.69) is 16.8 Å². The SMILES string of the molecule is CCCCOC(=O)c1[nH]cc(-c2ccc(Cl)cc2)c1N1CCOCC1. The lowest BCUT2D eigenvalue weighted by Crippen LogP contribution is -2.37. The van der Waals surface area contributed by atoms with Gasteiger partial charge >= 0.3 is 5.97 Å². The molecule has 1 saturated heterocycles. The summed E-state index contributed by atoms with van der Waals surface area (Å²) in [6.45, 7) is 5.29. The number of halogens is 1. The second-order valence-electron chi connectivity index (χ2n) is 6.02. The van der Waals surface area contributed by atoms with Gasteiger partial charge in [0.05, 0.1) is 25.5 Å². The van der Waals surface area contributed by atoms with Crippen LogP contribution in [0, 0.1) is 0 Å². The van der Waals surface area contributed by atoms with Crippen molar-refractivity contribution in [1.82, 2.24) is 4.98 Å². The van der Waals surface area contributed by atoms with Crippen molar-refractivity contribution < 1.29 is 14.3 Å². The van der Waals surface area contributed by atoms with Gasteiger partial charge in [-0.15, -0.1) is 0 Å². The number of carbonyl (C=O) groups is 1. The summed E-state index contributed by atoms with van der Waals surface area (Å²) in [5, 5.41) is 0.686. The first-order chi connectivity index (χ1) is 12.2. The number of carbonyl (C=O) groups excluding carboxylic acids is 1. The molecule has 2 aromatic rings. The van der Waals surface area contributed by atoms with Gasteiger partial charge in [0, 0.05) is 29.9 Å². The molecular formula is C19H23ClN2O3. The normalized spacial score (nSPS) is 14.6. The number of esters is 1. The molecule has 1 aromatic heterocycles. The first-order valence-corrected chi connectivity index (χ1v) is 9.05. The number of nitrogens with zero attached hydrogens (tertiary/aromatic N) is 1. The van der Waals surface area contributed by atoms with E-state index in [9.17, 15) is 4.79 Å². The van der Waals surface area contributed by atoms with Crippen LogP contribution in [0.5, 0.6) is 0 Å². The van der Waals surface area contributed by atoms with Crippen molar-refractivity contribution in [2.45, 2.75) is 19.8 Å². The summed E-state index contributed by atoms with van der Waals surface area (Å²) in [5.41, 5.74) is 3.37. The van der Waals surface area contributed by atoms with Crippen molar-refractivity contribution in [2.75, 3.05) is 37.8 Å². The van der Waals surface area contributed by atoms with Crippen molar-refractivity contribution in [3.8, 4) is 11.1 Å². The molecule has 25 heavy (non-hydrogen) atoms. The zero-order valence-electron chi connectivity index (χ0n) is 14.4. The van der Waals surface area contributed by atoms with Crippen molar-refractivity contribution in [3.63, 3.8) is 0 Å². The highest BCUT2D eigenvalue weighted by molar-refractivity contribution is 6.30. The van der Waals surface area contributed by atoms with E-state index in [0.717, 1.165) is 42.7 Å². The van der Waals surface area contributed by atoms with Gasteiger partial charge in [0.1, 0.15) is 5.69 Å². The topological polar surface area (TPSA) is 54.6 Å². The molecule has 0 aliphatic carbocycles. The number of hydrogen-bond acceptors (Lipinski definition) is 4. The molecular weight excluding hydrogens is 340 g/mol. The zero-order valence-corrected chi connectivity index (χ0v) is 15.1. The Morgan fingerprint density at radius 1 is 1.28 bits per heavy atom. The molecule has 1 aromatic carbocycles. The fourth-order valence-corrected chi connectivity index (χ4v) is 3.04. The van der Waals surface area contributed by atoms with E-state index >= 15 is 0 Å². The van der Waals surface area contributed by atoms with Gasteiger partial charge in [-0.1, -0.05) is 37.1 Å². The van der Waals surface area contributed by atoms with Crippen molar-refractivity contribution in [2.24, 2.45) is 0 Å². The highest BCUT2D eigenvalue weighted by atomic mass is 35.5. The van der Waals surface area contributed by atoms with Gasteiger partial charge < -0.3 is 19.4 Å². The fraction of sp³-hybridized carbons (Fsp3) is 0.421. The van der Waals surface area contributed by atoms with Crippen LogP contribution in [0.25, 0.3) is 11.1 Å². The van der Waals surface area contributed by atoms with Crippen molar-refractivity contribution in [1.29, 1.82) is 0 Å². The van der Waals surface area contributed by atoms with Crippen LogP contribution in [0.4, 0.5) is 5.69 Å². The van der Waals surface area contributed by atoms with E-state index in [1.807, 2.05) is 30.5 Å². The van der Waals surface area contributed by atoms with Crippen LogP contribution in [0.15, 0.2) is 30.5 Å². The van der Waals surface area contributed by atoms with Crippen LogP contribution in [-0.2, 0) is 9.47 Å². The van der Waals surface area contributed by atoms with E-state index in [1.165, 1.54) is 0 Å². The molecule has 1 aliphatic rings. The number of morpholine rings is 1. The van der Waals surface area contributed by atoms with Gasteiger partial charge in [0.25, 0.3) is 0 Å². The average molecular weight is 363 g/mol. The number of ether oxygens (including phenoxy) is 2. The predicted octanol–water partition coefficient (Wildman–Crippen LogP) is 4.13. The number of aromatic amines is 1. The third kappa shape index (κ3) is 4.17. The molecule has 1 fully saturated rings. The molecule has 0 bridgehead atoms. The maximum absolute atomic E-state index is 12.5. The molecule has 0 unspecified atom stereocenters. The molecule has 5 nitrogen and oxygen atoms in total. The van der Waals surface area contributed by atoms with E-state index in [0.29, 0.717) is 30.5 Å². The second-order valence-corrected chi connectivity index (χ2v) is 6.46. The molecule has 0 radical (unpaired) electrons. The standard InChI is InChI=1S/C19H23ClN2O3/c1-2-3-10-25-19(23)17-18(22-8-11-24-12-9-22)16(13-21-17)14-4-6-15(20)7-5-14/h4-7,13,21H,2-3,8-12H2,1H3. The van der Waals surface area contributed by atoms with Crippen LogP contribution in [0.3, 0.4) is 0 Å². The monoisotopic (exact) mass is 362 g/mol. The van der Waals surface area contributed by atoms with Gasteiger partial charge in [-0.05, 0) is 24.1 Å². The molecule has 1 N–H and O–H groups in total. The molecule has 3 rings (SSSR count). The predicted molar refractivity (Wildman–Crippen MR) is 99.5 cm³/mol. The Morgan fingerprint density at radius 2 is 2.00 bits per heavy atom. The molecule has 1 aliphatic heterocycles. The Labute approximate surface area is 152 Å². The van der Waals surface area contributed by atoms with Crippen molar-refractivity contribution >= 4 is 23.3 Å². The average Bonchev–Trinajstić information content (AvgIpc) is 3.08. The lowest BCUT2D eigenvalue weighted by atomic mass is 10.1. The number of unbranched alkanes of at least 4 members (excludes halogenated alkanes) is 1. The molecule has 0 amide bonds. The van der Waals surface area contributed by atoms with Gasteiger partial charge in [-0.25, -0.2) is 4.79 Å². The third-order valence-electron chi connectivity index (χ3n) is 4.27. The lowest BCUT2D eigenvalue weighted by Gasteiger charge is -2.30. The largest absolute Gasteiger partial charge is 0.461 e. The summed E-state index contributed by atoms with van der Waals surface area (Å²) in [4.78, 5) is 17.9. The van der Waals surface area contributed by atoms with Crippen LogP contribution < -0.4 is 4.90 Å². The number of aromatic nitrogens is 1. The smallest absolute Gasteiger partial charge is 0.356 e. The number of anilines is 1. The molecule has 6 heteroatoms. The number of rotatable bonds is 6. The Balaban J connectivity index is 1.94. The van der Waals surface area contributed by atoms with Gasteiger partial charge in [-0.3, -0.25) is 0 Å². The Bertz CT molecular complexity index is 706.